The zero-order valence-electron chi connectivity index (χ0n) is 12.4. The number of nitrogens with one attached hydrogen (secondary N) is 1. The molecule has 0 aliphatic heterocycles. The topological polar surface area (TPSA) is 68.3 Å². The molecule has 1 aromatic carbocycles. The van der Waals surface area contributed by atoms with Crippen LogP contribution in [0, 0.1) is 0 Å². The highest BCUT2D eigenvalue weighted by molar-refractivity contribution is 7.10. The van der Waals surface area contributed by atoms with Crippen LogP contribution in [0.3, 0.4) is 0 Å². The Morgan fingerprint density at radius 3 is 2.78 bits per heavy atom. The van der Waals surface area contributed by atoms with Crippen molar-refractivity contribution in [3.05, 3.63) is 57.5 Å². The minimum atomic E-state index is -0.588. The van der Waals surface area contributed by atoms with E-state index in [4.69, 9.17) is 16.3 Å². The van der Waals surface area contributed by atoms with Gasteiger partial charge >= 0.3 is 5.97 Å². The van der Waals surface area contributed by atoms with E-state index in [1.807, 2.05) is 19.1 Å². The second-order valence-corrected chi connectivity index (χ2v) is 6.01. The van der Waals surface area contributed by atoms with Gasteiger partial charge in [-0.2, -0.15) is 0 Å². The van der Waals surface area contributed by atoms with E-state index in [2.05, 4.69) is 10.3 Å². The zero-order chi connectivity index (χ0) is 16.7. The fraction of sp³-hybridized carbons (Fsp3) is 0.188. The van der Waals surface area contributed by atoms with Gasteiger partial charge in [0.2, 0.25) is 0 Å². The molecule has 5 nitrogen and oxygen atoms in total. The quantitative estimate of drug-likeness (QED) is 0.641. The zero-order valence-corrected chi connectivity index (χ0v) is 13.9. The van der Waals surface area contributed by atoms with Crippen molar-refractivity contribution >= 4 is 40.9 Å². The number of aromatic nitrogens is 1. The molecule has 1 atom stereocenters. The van der Waals surface area contributed by atoms with Crippen LogP contribution in [0.25, 0.3) is 6.08 Å². The Hall–Kier alpha value is -2.18. The third-order valence-corrected chi connectivity index (χ3v) is 3.90. The van der Waals surface area contributed by atoms with Gasteiger partial charge in [0.25, 0.3) is 5.91 Å². The monoisotopic (exact) mass is 350 g/mol. The lowest BCUT2D eigenvalue weighted by atomic mass is 10.1. The Labute approximate surface area is 143 Å². The predicted octanol–water partition coefficient (Wildman–Crippen LogP) is 3.23. The maximum Gasteiger partial charge on any atom is 0.331 e. The van der Waals surface area contributed by atoms with E-state index in [9.17, 15) is 9.59 Å². The van der Waals surface area contributed by atoms with Crippen molar-refractivity contribution in [2.24, 2.45) is 0 Å². The lowest BCUT2D eigenvalue weighted by molar-refractivity contribution is -0.144. The van der Waals surface area contributed by atoms with Gasteiger partial charge in [-0.05, 0) is 30.7 Å². The number of amides is 1. The Morgan fingerprint density at radius 2 is 2.13 bits per heavy atom. The molecule has 0 spiro atoms. The lowest BCUT2D eigenvalue weighted by Crippen LogP contribution is -2.30. The number of carbonyl (C=O) groups excluding carboxylic acids is 2. The number of benzene rings is 1. The lowest BCUT2D eigenvalue weighted by Gasteiger charge is -2.14. The van der Waals surface area contributed by atoms with Crippen LogP contribution < -0.4 is 5.32 Å². The fourth-order valence-corrected chi connectivity index (χ4v) is 2.41. The third-order valence-electron chi connectivity index (χ3n) is 2.91. The van der Waals surface area contributed by atoms with Crippen LogP contribution in [0.2, 0.25) is 5.02 Å². The van der Waals surface area contributed by atoms with Crippen molar-refractivity contribution in [2.75, 3.05) is 6.61 Å². The van der Waals surface area contributed by atoms with Crippen LogP contribution in [0.1, 0.15) is 23.5 Å². The first-order chi connectivity index (χ1) is 11.0. The molecule has 0 radical (unpaired) electrons. The summed E-state index contributed by atoms with van der Waals surface area (Å²) in [5.74, 6) is -0.960. The highest BCUT2D eigenvalue weighted by Crippen LogP contribution is 2.15. The van der Waals surface area contributed by atoms with Gasteiger partial charge in [-0.1, -0.05) is 23.7 Å². The molecule has 0 fully saturated rings. The van der Waals surface area contributed by atoms with Crippen molar-refractivity contribution in [3.63, 3.8) is 0 Å². The van der Waals surface area contributed by atoms with Crippen molar-refractivity contribution in [1.29, 1.82) is 0 Å². The molecule has 1 heterocycles. The van der Waals surface area contributed by atoms with Gasteiger partial charge in [0.1, 0.15) is 5.01 Å². The SMILES string of the molecule is CC(NC(=O)COC(=O)/C=C/c1nccs1)c1ccc(Cl)cc1. The minimum Gasteiger partial charge on any atom is -0.452 e. The number of carbonyl (C=O) groups is 2. The third kappa shape index (κ3) is 5.84. The highest BCUT2D eigenvalue weighted by atomic mass is 35.5. The van der Waals surface area contributed by atoms with E-state index >= 15 is 0 Å². The number of hydrogen-bond donors (Lipinski definition) is 1. The Morgan fingerprint density at radius 1 is 1.39 bits per heavy atom. The van der Waals surface area contributed by atoms with Gasteiger partial charge < -0.3 is 10.1 Å². The summed E-state index contributed by atoms with van der Waals surface area (Å²) < 4.78 is 4.88. The summed E-state index contributed by atoms with van der Waals surface area (Å²) in [4.78, 5) is 27.3. The van der Waals surface area contributed by atoms with Crippen LogP contribution in [-0.4, -0.2) is 23.5 Å². The Bertz CT molecular complexity index is 684. The van der Waals surface area contributed by atoms with E-state index in [1.54, 1.807) is 29.8 Å². The average Bonchev–Trinajstić information content (AvgIpc) is 3.05. The Kier molecular flexibility index (Phi) is 6.31. The molecule has 2 rings (SSSR count). The molecular formula is C16H15ClN2O3S. The first-order valence-corrected chi connectivity index (χ1v) is 8.09. The predicted molar refractivity (Wildman–Crippen MR) is 90.1 cm³/mol. The van der Waals surface area contributed by atoms with Crippen LogP contribution in [0.15, 0.2) is 41.9 Å². The molecule has 0 saturated heterocycles. The maximum absolute atomic E-state index is 11.8. The van der Waals surface area contributed by atoms with Crippen molar-refractivity contribution in [3.8, 4) is 0 Å². The van der Waals surface area contributed by atoms with E-state index in [-0.39, 0.29) is 18.6 Å². The van der Waals surface area contributed by atoms with Gasteiger partial charge in [0, 0.05) is 22.7 Å². The van der Waals surface area contributed by atoms with E-state index in [0.29, 0.717) is 10.0 Å². The number of hydrogen-bond acceptors (Lipinski definition) is 5. The molecule has 1 N–H and O–H groups in total. The van der Waals surface area contributed by atoms with Crippen LogP contribution in [0.4, 0.5) is 0 Å². The summed E-state index contributed by atoms with van der Waals surface area (Å²) in [5.41, 5.74) is 0.915. The maximum atomic E-state index is 11.8. The number of thiazole rings is 1. The number of nitrogens with zero attached hydrogens (tertiary/aromatic N) is 1. The number of rotatable bonds is 6. The van der Waals surface area contributed by atoms with Crippen molar-refractivity contribution in [2.45, 2.75) is 13.0 Å². The van der Waals surface area contributed by atoms with Gasteiger partial charge in [-0.3, -0.25) is 4.79 Å². The minimum absolute atomic E-state index is 0.204. The smallest absolute Gasteiger partial charge is 0.331 e. The molecule has 0 aliphatic rings. The summed E-state index contributed by atoms with van der Waals surface area (Å²) in [5, 5.41) is 5.88. The second kappa shape index (κ2) is 8.45. The van der Waals surface area contributed by atoms with Gasteiger partial charge in [0.05, 0.1) is 6.04 Å². The average molecular weight is 351 g/mol. The van der Waals surface area contributed by atoms with Crippen LogP contribution in [-0.2, 0) is 14.3 Å². The molecule has 1 amide bonds. The van der Waals surface area contributed by atoms with Gasteiger partial charge in [-0.15, -0.1) is 11.3 Å². The molecule has 23 heavy (non-hydrogen) atoms. The second-order valence-electron chi connectivity index (χ2n) is 4.65. The summed E-state index contributed by atoms with van der Waals surface area (Å²) in [6.07, 6.45) is 4.43. The molecule has 1 unspecified atom stereocenters. The fourth-order valence-electron chi connectivity index (χ4n) is 1.76. The number of esters is 1. The molecule has 0 aliphatic carbocycles. The van der Waals surface area contributed by atoms with Crippen LogP contribution >= 0.6 is 22.9 Å². The summed E-state index contributed by atoms with van der Waals surface area (Å²) in [6.45, 7) is 1.50. The summed E-state index contributed by atoms with van der Waals surface area (Å²) in [7, 11) is 0. The van der Waals surface area contributed by atoms with Crippen molar-refractivity contribution in [1.82, 2.24) is 10.3 Å². The standard InChI is InChI=1S/C16H15ClN2O3S/c1-11(12-2-4-13(17)5-3-12)19-14(20)10-22-16(21)7-6-15-18-8-9-23-15/h2-9,11H,10H2,1H3,(H,19,20)/b7-6+. The van der Waals surface area contributed by atoms with Crippen LogP contribution in [0.5, 0.6) is 0 Å². The first-order valence-electron chi connectivity index (χ1n) is 6.84. The molecule has 7 heteroatoms. The van der Waals surface area contributed by atoms with E-state index in [1.165, 1.54) is 17.4 Å². The Balaban J connectivity index is 1.76. The first kappa shape index (κ1) is 17.2. The highest BCUT2D eigenvalue weighted by Gasteiger charge is 2.11. The molecule has 2 aromatic rings. The number of ether oxygens (including phenoxy) is 1. The molecule has 1 aromatic heterocycles. The number of halogens is 1. The molecular weight excluding hydrogens is 336 g/mol. The largest absolute Gasteiger partial charge is 0.452 e. The molecule has 0 saturated carbocycles. The summed E-state index contributed by atoms with van der Waals surface area (Å²) in [6, 6.07) is 6.96. The molecule has 0 bridgehead atoms. The van der Waals surface area contributed by atoms with Gasteiger partial charge in [0.15, 0.2) is 6.61 Å². The normalized spacial score (nSPS) is 12.1. The molecule has 120 valence electrons. The van der Waals surface area contributed by atoms with E-state index < -0.39 is 5.97 Å². The summed E-state index contributed by atoms with van der Waals surface area (Å²) >= 11 is 7.22. The van der Waals surface area contributed by atoms with Gasteiger partial charge in [-0.25, -0.2) is 9.78 Å². The van der Waals surface area contributed by atoms with E-state index in [0.717, 1.165) is 5.56 Å². The van der Waals surface area contributed by atoms with Crippen molar-refractivity contribution < 1.29 is 14.3 Å².